The van der Waals surface area contributed by atoms with Gasteiger partial charge >= 0.3 is 0 Å². The molecule has 0 aromatic carbocycles. The molecule has 0 bridgehead atoms. The highest BCUT2D eigenvalue weighted by atomic mass is 32.1. The molecule has 0 aliphatic heterocycles. The third-order valence-corrected chi connectivity index (χ3v) is 1.24. The van der Waals surface area contributed by atoms with Crippen molar-refractivity contribution in [2.45, 2.75) is 26.3 Å². The maximum absolute atomic E-state index is 8.65. The van der Waals surface area contributed by atoms with Crippen molar-refractivity contribution in [1.29, 1.82) is 0 Å². The number of thiocarbonyl (C=S) groups is 1. The topological polar surface area (TPSA) is 32.3 Å². The third-order valence-electron chi connectivity index (χ3n) is 1.12. The van der Waals surface area contributed by atoms with Crippen LogP contribution in [-0.4, -0.2) is 22.7 Å². The van der Waals surface area contributed by atoms with E-state index in [1.807, 2.05) is 13.8 Å². The van der Waals surface area contributed by atoms with Gasteiger partial charge in [-0.2, -0.15) is 0 Å². The molecular formula is C6H13NOS. The van der Waals surface area contributed by atoms with E-state index in [4.69, 9.17) is 17.3 Å². The fraction of sp³-hybridized carbons (Fsp3) is 0.833. The maximum atomic E-state index is 8.65. The smallest absolute Gasteiger partial charge is 0.0724 e. The standard InChI is InChI=1S/C6H13NOS/c1-3-6(4-8)7-5(2)9/h6,8H,3-4H2,1-2H3,(H,7,9)/t6-/m1/s1. The van der Waals surface area contributed by atoms with Gasteiger partial charge in [-0.25, -0.2) is 0 Å². The molecule has 54 valence electrons. The van der Waals surface area contributed by atoms with Gasteiger partial charge in [-0.05, 0) is 13.3 Å². The molecule has 9 heavy (non-hydrogen) atoms. The van der Waals surface area contributed by atoms with E-state index in [0.29, 0.717) is 0 Å². The minimum absolute atomic E-state index is 0.141. The molecule has 0 saturated heterocycles. The second-order valence-electron chi connectivity index (χ2n) is 1.99. The molecule has 2 N–H and O–H groups in total. The lowest BCUT2D eigenvalue weighted by Gasteiger charge is -2.12. The Morgan fingerprint density at radius 2 is 2.33 bits per heavy atom. The van der Waals surface area contributed by atoms with E-state index < -0.39 is 0 Å². The molecule has 0 radical (unpaired) electrons. The van der Waals surface area contributed by atoms with Gasteiger partial charge in [0.1, 0.15) is 0 Å². The Labute approximate surface area is 61.3 Å². The molecule has 0 saturated carbocycles. The van der Waals surface area contributed by atoms with Gasteiger partial charge in [0.15, 0.2) is 0 Å². The lowest BCUT2D eigenvalue weighted by atomic mass is 10.2. The molecule has 0 aliphatic carbocycles. The van der Waals surface area contributed by atoms with Crippen LogP contribution in [-0.2, 0) is 0 Å². The average Bonchev–Trinajstić information content (AvgIpc) is 1.82. The summed E-state index contributed by atoms with van der Waals surface area (Å²) >= 11 is 4.78. The average molecular weight is 147 g/mol. The summed E-state index contributed by atoms with van der Waals surface area (Å²) < 4.78 is 0. The number of rotatable bonds is 3. The number of aliphatic hydroxyl groups is 1. The molecule has 0 unspecified atom stereocenters. The summed E-state index contributed by atoms with van der Waals surface area (Å²) in [5, 5.41) is 11.6. The predicted molar refractivity (Wildman–Crippen MR) is 42.6 cm³/mol. The third kappa shape index (κ3) is 4.36. The second-order valence-corrected chi connectivity index (χ2v) is 2.60. The van der Waals surface area contributed by atoms with Crippen molar-refractivity contribution < 1.29 is 5.11 Å². The zero-order valence-corrected chi connectivity index (χ0v) is 6.66. The van der Waals surface area contributed by atoms with Crippen molar-refractivity contribution in [3.63, 3.8) is 0 Å². The summed E-state index contributed by atoms with van der Waals surface area (Å²) in [6.45, 7) is 3.98. The van der Waals surface area contributed by atoms with Crippen LogP contribution in [0.1, 0.15) is 20.3 Å². The van der Waals surface area contributed by atoms with Crippen molar-refractivity contribution >= 4 is 17.2 Å². The number of hydrogen-bond acceptors (Lipinski definition) is 2. The second kappa shape index (κ2) is 4.70. The van der Waals surface area contributed by atoms with Gasteiger partial charge in [0, 0.05) is 6.04 Å². The fourth-order valence-corrected chi connectivity index (χ4v) is 0.731. The molecule has 0 rings (SSSR count). The van der Waals surface area contributed by atoms with Crippen molar-refractivity contribution in [2.75, 3.05) is 6.61 Å². The quantitative estimate of drug-likeness (QED) is 0.576. The van der Waals surface area contributed by atoms with Crippen LogP contribution in [0.4, 0.5) is 0 Å². The molecule has 0 aromatic rings. The normalized spacial score (nSPS) is 12.8. The van der Waals surface area contributed by atoms with E-state index >= 15 is 0 Å². The summed E-state index contributed by atoms with van der Waals surface area (Å²) in [7, 11) is 0. The van der Waals surface area contributed by atoms with E-state index in [-0.39, 0.29) is 12.6 Å². The van der Waals surface area contributed by atoms with Crippen LogP contribution in [0.25, 0.3) is 0 Å². The molecule has 2 nitrogen and oxygen atoms in total. The molecule has 1 atom stereocenters. The monoisotopic (exact) mass is 147 g/mol. The highest BCUT2D eigenvalue weighted by Gasteiger charge is 2.01. The summed E-state index contributed by atoms with van der Waals surface area (Å²) in [4.78, 5) is 0.746. The molecular weight excluding hydrogens is 134 g/mol. The molecule has 0 aliphatic rings. The number of nitrogens with one attached hydrogen (secondary N) is 1. The van der Waals surface area contributed by atoms with Crippen LogP contribution in [0.2, 0.25) is 0 Å². The van der Waals surface area contributed by atoms with Crippen LogP contribution < -0.4 is 5.32 Å². The first-order chi connectivity index (χ1) is 4.20. The predicted octanol–water partition coefficient (Wildman–Crippen LogP) is 0.694. The van der Waals surface area contributed by atoms with E-state index in [9.17, 15) is 0 Å². The van der Waals surface area contributed by atoms with Gasteiger partial charge in [0.2, 0.25) is 0 Å². The van der Waals surface area contributed by atoms with E-state index in [1.54, 1.807) is 0 Å². The Bertz CT molecular complexity index is 91.1. The first kappa shape index (κ1) is 8.85. The first-order valence-corrected chi connectivity index (χ1v) is 3.49. The Morgan fingerprint density at radius 1 is 1.78 bits per heavy atom. The SMILES string of the molecule is CC[C@H](CO)NC(C)=S. The zero-order valence-electron chi connectivity index (χ0n) is 5.85. The zero-order chi connectivity index (χ0) is 7.28. The molecule has 0 amide bonds. The molecule has 0 heterocycles. The minimum Gasteiger partial charge on any atom is -0.394 e. The van der Waals surface area contributed by atoms with Crippen molar-refractivity contribution in [1.82, 2.24) is 5.32 Å². The highest BCUT2D eigenvalue weighted by Crippen LogP contribution is 1.87. The van der Waals surface area contributed by atoms with E-state index in [1.165, 1.54) is 0 Å². The largest absolute Gasteiger partial charge is 0.394 e. The van der Waals surface area contributed by atoms with Gasteiger partial charge in [-0.15, -0.1) is 0 Å². The van der Waals surface area contributed by atoms with Crippen LogP contribution in [0.3, 0.4) is 0 Å². The van der Waals surface area contributed by atoms with E-state index in [2.05, 4.69) is 5.32 Å². The summed E-state index contributed by atoms with van der Waals surface area (Å²) in [6, 6.07) is 0.141. The Kier molecular flexibility index (Phi) is 4.62. The lowest BCUT2D eigenvalue weighted by Crippen LogP contribution is -2.34. The van der Waals surface area contributed by atoms with Crippen molar-refractivity contribution in [3.8, 4) is 0 Å². The van der Waals surface area contributed by atoms with Crippen LogP contribution in [0, 0.1) is 0 Å². The van der Waals surface area contributed by atoms with Crippen molar-refractivity contribution in [3.05, 3.63) is 0 Å². The Balaban J connectivity index is 3.43. The van der Waals surface area contributed by atoms with Crippen molar-refractivity contribution in [2.24, 2.45) is 0 Å². The molecule has 0 spiro atoms. The summed E-state index contributed by atoms with van der Waals surface area (Å²) in [5.41, 5.74) is 0. The Hall–Kier alpha value is -0.150. The fourth-order valence-electron chi connectivity index (χ4n) is 0.564. The minimum atomic E-state index is 0.141. The lowest BCUT2D eigenvalue weighted by molar-refractivity contribution is 0.253. The summed E-state index contributed by atoms with van der Waals surface area (Å²) in [5.74, 6) is 0. The molecule has 0 fully saturated rings. The number of aliphatic hydroxyl groups excluding tert-OH is 1. The van der Waals surface area contributed by atoms with Crippen LogP contribution in [0.5, 0.6) is 0 Å². The molecule has 0 aromatic heterocycles. The summed E-state index contributed by atoms with van der Waals surface area (Å²) in [6.07, 6.45) is 0.907. The number of hydrogen-bond donors (Lipinski definition) is 2. The molecule has 3 heteroatoms. The van der Waals surface area contributed by atoms with Gasteiger partial charge in [0.05, 0.1) is 11.6 Å². The van der Waals surface area contributed by atoms with Gasteiger partial charge in [0.25, 0.3) is 0 Å². The van der Waals surface area contributed by atoms with Gasteiger partial charge in [-0.3, -0.25) is 0 Å². The maximum Gasteiger partial charge on any atom is 0.0724 e. The van der Waals surface area contributed by atoms with E-state index in [0.717, 1.165) is 11.4 Å². The van der Waals surface area contributed by atoms with Gasteiger partial charge in [-0.1, -0.05) is 19.1 Å². The highest BCUT2D eigenvalue weighted by molar-refractivity contribution is 7.80. The van der Waals surface area contributed by atoms with Crippen LogP contribution in [0.15, 0.2) is 0 Å². The van der Waals surface area contributed by atoms with Gasteiger partial charge < -0.3 is 10.4 Å². The van der Waals surface area contributed by atoms with Crippen LogP contribution >= 0.6 is 12.2 Å². The first-order valence-electron chi connectivity index (χ1n) is 3.08. The Morgan fingerprint density at radius 3 is 2.44 bits per heavy atom.